The molecule has 1 aliphatic rings. The molecular formula is C12H18N4O3. The molecule has 0 aliphatic carbocycles. The number of nitrogens with zero attached hydrogens (tertiary/aromatic N) is 3. The lowest BCUT2D eigenvalue weighted by Crippen LogP contribution is -2.45. The Morgan fingerprint density at radius 2 is 2.16 bits per heavy atom. The molecule has 19 heavy (non-hydrogen) atoms. The first-order chi connectivity index (χ1) is 9.09. The summed E-state index contributed by atoms with van der Waals surface area (Å²) in [4.78, 5) is 15.0. The lowest BCUT2D eigenvalue weighted by molar-refractivity contribution is -0.386. The van der Waals surface area contributed by atoms with Crippen LogP contribution in [0.1, 0.15) is 16.8 Å². The van der Waals surface area contributed by atoms with E-state index < -0.39 is 0 Å². The summed E-state index contributed by atoms with van der Waals surface area (Å²) < 4.78 is 5.26. The lowest BCUT2D eigenvalue weighted by Gasteiger charge is -2.27. The first-order valence-corrected chi connectivity index (χ1v) is 6.25. The Morgan fingerprint density at radius 1 is 1.47 bits per heavy atom. The van der Waals surface area contributed by atoms with E-state index in [0.717, 1.165) is 13.1 Å². The molecule has 0 bridgehead atoms. The number of nitro groups is 1. The molecule has 0 amide bonds. The van der Waals surface area contributed by atoms with Gasteiger partial charge in [0.05, 0.1) is 30.4 Å². The second-order valence-electron chi connectivity index (χ2n) is 4.55. The van der Waals surface area contributed by atoms with Crippen LogP contribution in [0.15, 0.2) is 6.20 Å². The molecule has 1 aromatic heterocycles. The maximum atomic E-state index is 11.0. The summed E-state index contributed by atoms with van der Waals surface area (Å²) in [6, 6.07) is 0. The van der Waals surface area contributed by atoms with E-state index in [2.05, 4.69) is 15.4 Å². The van der Waals surface area contributed by atoms with Gasteiger partial charge in [-0.25, -0.2) is 10.4 Å². The van der Waals surface area contributed by atoms with E-state index in [1.165, 1.54) is 0 Å². The van der Waals surface area contributed by atoms with Crippen molar-refractivity contribution >= 4 is 5.69 Å². The number of nitrogens with one attached hydrogen (secondary N) is 1. The van der Waals surface area contributed by atoms with E-state index in [0.29, 0.717) is 36.6 Å². The molecular weight excluding hydrogens is 248 g/mol. The molecule has 1 fully saturated rings. The van der Waals surface area contributed by atoms with Crippen molar-refractivity contribution in [2.24, 2.45) is 0 Å². The third kappa shape index (κ3) is 3.25. The third-order valence-corrected chi connectivity index (χ3v) is 3.24. The van der Waals surface area contributed by atoms with Gasteiger partial charge >= 0.3 is 0 Å². The molecule has 1 aliphatic heterocycles. The van der Waals surface area contributed by atoms with Gasteiger partial charge in [0.2, 0.25) is 0 Å². The number of pyridine rings is 1. The van der Waals surface area contributed by atoms with Crippen LogP contribution in [0.25, 0.3) is 0 Å². The predicted molar refractivity (Wildman–Crippen MR) is 69.6 cm³/mol. The van der Waals surface area contributed by atoms with Gasteiger partial charge in [-0.05, 0) is 13.8 Å². The molecule has 7 heteroatoms. The molecule has 2 heterocycles. The molecule has 1 saturated heterocycles. The van der Waals surface area contributed by atoms with E-state index >= 15 is 0 Å². The van der Waals surface area contributed by atoms with Gasteiger partial charge in [-0.3, -0.25) is 15.1 Å². The van der Waals surface area contributed by atoms with Crippen molar-refractivity contribution < 1.29 is 9.66 Å². The van der Waals surface area contributed by atoms with Gasteiger partial charge in [-0.15, -0.1) is 0 Å². The van der Waals surface area contributed by atoms with E-state index in [-0.39, 0.29) is 10.6 Å². The average molecular weight is 266 g/mol. The number of hydrazine groups is 1. The van der Waals surface area contributed by atoms with E-state index in [4.69, 9.17) is 4.74 Å². The maximum Gasteiger partial charge on any atom is 0.278 e. The van der Waals surface area contributed by atoms with Crippen molar-refractivity contribution in [1.29, 1.82) is 0 Å². The second kappa shape index (κ2) is 6.05. The quantitative estimate of drug-likeness (QED) is 0.645. The van der Waals surface area contributed by atoms with Crippen molar-refractivity contribution in [3.8, 4) is 0 Å². The predicted octanol–water partition coefficient (Wildman–Crippen LogP) is 0.943. The summed E-state index contributed by atoms with van der Waals surface area (Å²) in [6.45, 7) is 6.97. The fraction of sp³-hybridized carbons (Fsp3) is 0.583. The zero-order valence-corrected chi connectivity index (χ0v) is 11.2. The Balaban J connectivity index is 2.08. The number of rotatable bonds is 4. The highest BCUT2D eigenvalue weighted by atomic mass is 16.6. The topological polar surface area (TPSA) is 80.5 Å². The van der Waals surface area contributed by atoms with Crippen LogP contribution < -0.4 is 5.43 Å². The van der Waals surface area contributed by atoms with E-state index in [9.17, 15) is 10.1 Å². The van der Waals surface area contributed by atoms with Crippen LogP contribution in [0.2, 0.25) is 0 Å². The first-order valence-electron chi connectivity index (χ1n) is 6.25. The van der Waals surface area contributed by atoms with Crippen molar-refractivity contribution in [3.63, 3.8) is 0 Å². The summed E-state index contributed by atoms with van der Waals surface area (Å²) in [7, 11) is 0. The van der Waals surface area contributed by atoms with Crippen LogP contribution in [0.3, 0.4) is 0 Å². The minimum absolute atomic E-state index is 0.161. The number of aromatic nitrogens is 1. The maximum absolute atomic E-state index is 11.0. The van der Waals surface area contributed by atoms with Crippen molar-refractivity contribution in [1.82, 2.24) is 15.4 Å². The zero-order valence-electron chi connectivity index (χ0n) is 11.2. The largest absolute Gasteiger partial charge is 0.379 e. The molecule has 0 aromatic carbocycles. The summed E-state index contributed by atoms with van der Waals surface area (Å²) in [6.07, 6.45) is 1.56. The summed E-state index contributed by atoms with van der Waals surface area (Å²) in [5.74, 6) is 0. The Labute approximate surface area is 111 Å². The van der Waals surface area contributed by atoms with E-state index in [1.807, 2.05) is 0 Å². The summed E-state index contributed by atoms with van der Waals surface area (Å²) in [5, 5.41) is 13.1. The minimum atomic E-state index is -0.343. The Kier molecular flexibility index (Phi) is 4.41. The molecule has 104 valence electrons. The van der Waals surface area contributed by atoms with Crippen LogP contribution in [-0.2, 0) is 11.3 Å². The number of ether oxygens (including phenoxy) is 1. The molecule has 1 N–H and O–H groups in total. The Bertz CT molecular complexity index is 472. The number of hydrogen-bond donors (Lipinski definition) is 1. The summed E-state index contributed by atoms with van der Waals surface area (Å²) >= 11 is 0. The van der Waals surface area contributed by atoms with Crippen LogP contribution in [0.4, 0.5) is 5.69 Å². The molecule has 7 nitrogen and oxygen atoms in total. The van der Waals surface area contributed by atoms with Gasteiger partial charge in [-0.1, -0.05) is 0 Å². The Hall–Kier alpha value is -1.57. The zero-order chi connectivity index (χ0) is 13.8. The smallest absolute Gasteiger partial charge is 0.278 e. The SMILES string of the molecule is Cc1cnc(CNN2CCOCC2)c(C)c1[N+](=O)[O-]. The average Bonchev–Trinajstić information content (AvgIpc) is 2.38. The van der Waals surface area contributed by atoms with E-state index in [1.54, 1.807) is 20.0 Å². The number of hydrogen-bond acceptors (Lipinski definition) is 6. The number of morpholine rings is 1. The highest BCUT2D eigenvalue weighted by molar-refractivity contribution is 5.47. The van der Waals surface area contributed by atoms with Crippen LogP contribution in [-0.4, -0.2) is 41.2 Å². The fourth-order valence-corrected chi connectivity index (χ4v) is 2.13. The molecule has 0 unspecified atom stereocenters. The summed E-state index contributed by atoms with van der Waals surface area (Å²) in [5.41, 5.74) is 5.33. The van der Waals surface area contributed by atoms with Gasteiger partial charge < -0.3 is 4.74 Å². The highest BCUT2D eigenvalue weighted by Gasteiger charge is 2.19. The molecule has 0 atom stereocenters. The molecule has 0 spiro atoms. The molecule has 2 rings (SSSR count). The minimum Gasteiger partial charge on any atom is -0.379 e. The fourth-order valence-electron chi connectivity index (χ4n) is 2.13. The monoisotopic (exact) mass is 266 g/mol. The van der Waals surface area contributed by atoms with Crippen molar-refractivity contribution in [2.45, 2.75) is 20.4 Å². The molecule has 1 aromatic rings. The van der Waals surface area contributed by atoms with Crippen LogP contribution >= 0.6 is 0 Å². The Morgan fingerprint density at radius 3 is 2.79 bits per heavy atom. The third-order valence-electron chi connectivity index (χ3n) is 3.24. The van der Waals surface area contributed by atoms with Crippen molar-refractivity contribution in [3.05, 3.63) is 33.1 Å². The van der Waals surface area contributed by atoms with Crippen LogP contribution in [0, 0.1) is 24.0 Å². The lowest BCUT2D eigenvalue weighted by atomic mass is 10.1. The van der Waals surface area contributed by atoms with Gasteiger partial charge in [0.25, 0.3) is 5.69 Å². The second-order valence-corrected chi connectivity index (χ2v) is 4.55. The molecule has 0 saturated carbocycles. The van der Waals surface area contributed by atoms with Gasteiger partial charge in [0.1, 0.15) is 0 Å². The number of aryl methyl sites for hydroxylation is 1. The van der Waals surface area contributed by atoms with Gasteiger partial charge in [0, 0.05) is 30.4 Å². The standard InChI is InChI=1S/C12H18N4O3/c1-9-7-13-11(10(2)12(9)16(17)18)8-14-15-3-5-19-6-4-15/h7,14H,3-6,8H2,1-2H3. The molecule has 0 radical (unpaired) electrons. The first kappa shape index (κ1) is 13.9. The van der Waals surface area contributed by atoms with Gasteiger partial charge in [0.15, 0.2) is 0 Å². The highest BCUT2D eigenvalue weighted by Crippen LogP contribution is 2.23. The normalized spacial score (nSPS) is 16.5. The van der Waals surface area contributed by atoms with Crippen molar-refractivity contribution in [2.75, 3.05) is 26.3 Å². The van der Waals surface area contributed by atoms with Gasteiger partial charge in [-0.2, -0.15) is 0 Å². The van der Waals surface area contributed by atoms with Crippen LogP contribution in [0.5, 0.6) is 0 Å².